The van der Waals surface area contributed by atoms with E-state index < -0.39 is 70.0 Å². The highest BCUT2D eigenvalue weighted by molar-refractivity contribution is 5.90. The first-order valence-electron chi connectivity index (χ1n) is 12.5. The summed E-state index contributed by atoms with van der Waals surface area (Å²) in [5.74, 6) is -18.2. The van der Waals surface area contributed by atoms with Gasteiger partial charge >= 0.3 is 5.97 Å². The molecule has 2 aromatic rings. The summed E-state index contributed by atoms with van der Waals surface area (Å²) in [5, 5.41) is 7.08. The zero-order valence-electron chi connectivity index (χ0n) is 21.4. The molecule has 0 heterocycles. The lowest BCUT2D eigenvalue weighted by Crippen LogP contribution is -2.18. The number of ether oxygens (including phenoxy) is 2. The Morgan fingerprint density at radius 2 is 1.52 bits per heavy atom. The number of benzene rings is 2. The Morgan fingerprint density at radius 1 is 0.925 bits per heavy atom. The molecule has 0 radical (unpaired) electrons. The molecule has 5 nitrogen and oxygen atoms in total. The van der Waals surface area contributed by atoms with Gasteiger partial charge in [0.25, 0.3) is 0 Å². The minimum Gasteiger partial charge on any atom is -0.487 e. The van der Waals surface area contributed by atoms with Crippen LogP contribution in [0, 0.1) is 52.6 Å². The van der Waals surface area contributed by atoms with Gasteiger partial charge in [0, 0.05) is 18.8 Å². The fraction of sp³-hybridized carbons (Fsp3) is 0.429. The number of Topliss-reactive ketones (excluding diaryl/α,β-unsaturated/α-hetero) is 1. The van der Waals surface area contributed by atoms with Crippen LogP contribution in [0.1, 0.15) is 44.9 Å². The Morgan fingerprint density at radius 3 is 2.17 bits per heavy atom. The lowest BCUT2D eigenvalue weighted by Gasteiger charge is -2.17. The van der Waals surface area contributed by atoms with Crippen LogP contribution in [0.5, 0.6) is 5.75 Å². The second-order valence-corrected chi connectivity index (χ2v) is 9.33. The van der Waals surface area contributed by atoms with E-state index in [-0.39, 0.29) is 30.0 Å². The molecule has 218 valence electrons. The first-order valence-corrected chi connectivity index (χ1v) is 12.5. The Bertz CT molecular complexity index is 1320. The number of methoxy groups -OCH3 is 1. The standard InChI is InChI=1S/C28H27F7O5/c1-39-18(38)8-6-4-2-3-5-7-16-14(10-12-17(16)37)9-11-15(36)13-40-28-20-19(22(30)26(34)27(28)35)21(29)24(32)25(33)23(20)31/h2,4,9,11,14-16,36H,3,5-8,10,12-13H2,1H3/b4-2-,11-9+/t14-,15-,16+/m0/s1. The zero-order valence-corrected chi connectivity index (χ0v) is 21.4. The van der Waals surface area contributed by atoms with Crippen molar-refractivity contribution in [1.82, 2.24) is 0 Å². The first-order chi connectivity index (χ1) is 19.0. The van der Waals surface area contributed by atoms with Crippen LogP contribution in [0.3, 0.4) is 0 Å². The van der Waals surface area contributed by atoms with Crippen LogP contribution in [-0.2, 0) is 14.3 Å². The molecule has 0 aromatic heterocycles. The molecule has 40 heavy (non-hydrogen) atoms. The number of esters is 1. The number of unbranched alkanes of at least 4 members (excludes halogenated alkanes) is 1. The van der Waals surface area contributed by atoms with Gasteiger partial charge in [-0.05, 0) is 38.0 Å². The number of allylic oxidation sites excluding steroid dienone is 3. The Balaban J connectivity index is 1.64. The molecule has 12 heteroatoms. The largest absolute Gasteiger partial charge is 0.487 e. The summed E-state index contributed by atoms with van der Waals surface area (Å²) < 4.78 is 108. The van der Waals surface area contributed by atoms with E-state index in [0.717, 1.165) is 0 Å². The van der Waals surface area contributed by atoms with Crippen LogP contribution >= 0.6 is 0 Å². The molecule has 0 unspecified atom stereocenters. The summed E-state index contributed by atoms with van der Waals surface area (Å²) in [6.07, 6.45) is 8.64. The molecule has 2 aromatic carbocycles. The highest BCUT2D eigenvalue weighted by Crippen LogP contribution is 2.39. The maximum Gasteiger partial charge on any atom is 0.305 e. The molecule has 0 spiro atoms. The van der Waals surface area contributed by atoms with Crippen molar-refractivity contribution < 1.29 is 54.9 Å². The van der Waals surface area contributed by atoms with E-state index in [1.54, 1.807) is 6.08 Å². The van der Waals surface area contributed by atoms with Crippen molar-refractivity contribution in [2.45, 2.75) is 51.0 Å². The minimum absolute atomic E-state index is 0.0529. The minimum atomic E-state index is -2.42. The quantitative estimate of drug-likeness (QED) is 0.0793. The predicted molar refractivity (Wildman–Crippen MR) is 130 cm³/mol. The highest BCUT2D eigenvalue weighted by atomic mass is 19.2. The molecule has 3 rings (SSSR count). The number of carbonyl (C=O) groups is 2. The molecule has 1 N–H and O–H groups in total. The molecule has 1 aliphatic rings. The van der Waals surface area contributed by atoms with E-state index in [0.29, 0.717) is 38.5 Å². The Labute approximate surface area is 225 Å². The van der Waals surface area contributed by atoms with E-state index in [2.05, 4.69) is 4.74 Å². The molecular formula is C28H27F7O5. The molecule has 1 fully saturated rings. The van der Waals surface area contributed by atoms with E-state index >= 15 is 0 Å². The molecular weight excluding hydrogens is 549 g/mol. The molecule has 3 atom stereocenters. The predicted octanol–water partition coefficient (Wildman–Crippen LogP) is 6.38. The summed E-state index contributed by atoms with van der Waals surface area (Å²) in [6.45, 7) is -0.866. The van der Waals surface area contributed by atoms with Crippen LogP contribution < -0.4 is 4.74 Å². The van der Waals surface area contributed by atoms with E-state index in [1.165, 1.54) is 13.2 Å². The second kappa shape index (κ2) is 13.8. The monoisotopic (exact) mass is 576 g/mol. The summed E-state index contributed by atoms with van der Waals surface area (Å²) in [7, 11) is 1.31. The Kier molecular flexibility index (Phi) is 10.7. The lowest BCUT2D eigenvalue weighted by molar-refractivity contribution is -0.140. The number of aliphatic hydroxyl groups is 1. The van der Waals surface area contributed by atoms with Crippen molar-refractivity contribution in [1.29, 1.82) is 0 Å². The SMILES string of the molecule is COC(=O)CC/C=C\CCC[C@H]1C(=O)CC[C@@H]1/C=C/[C@H](O)COc1c(F)c(F)c(F)c2c(F)c(F)c(F)c(F)c12. The second-order valence-electron chi connectivity index (χ2n) is 9.33. The third kappa shape index (κ3) is 6.83. The number of fused-ring (bicyclic) bond motifs is 1. The third-order valence-corrected chi connectivity index (χ3v) is 6.73. The number of ketones is 1. The van der Waals surface area contributed by atoms with Crippen molar-refractivity contribution >= 4 is 22.5 Å². The number of halogens is 7. The summed E-state index contributed by atoms with van der Waals surface area (Å²) in [6, 6.07) is 0. The summed E-state index contributed by atoms with van der Waals surface area (Å²) in [4.78, 5) is 23.4. The van der Waals surface area contributed by atoms with Gasteiger partial charge in [0.1, 0.15) is 18.5 Å². The number of aliphatic hydroxyl groups excluding tert-OH is 1. The average Bonchev–Trinajstić information content (AvgIpc) is 3.29. The van der Waals surface area contributed by atoms with Gasteiger partial charge in [-0.3, -0.25) is 9.59 Å². The number of hydrogen-bond donors (Lipinski definition) is 1. The van der Waals surface area contributed by atoms with Gasteiger partial charge in [0.15, 0.2) is 40.7 Å². The molecule has 1 saturated carbocycles. The summed E-state index contributed by atoms with van der Waals surface area (Å²) in [5.41, 5.74) is 0. The number of rotatable bonds is 12. The topological polar surface area (TPSA) is 72.8 Å². The Hall–Kier alpha value is -3.41. The van der Waals surface area contributed by atoms with Crippen LogP contribution in [0.25, 0.3) is 10.8 Å². The maximum atomic E-state index is 14.4. The van der Waals surface area contributed by atoms with Crippen LogP contribution in [0.4, 0.5) is 30.7 Å². The van der Waals surface area contributed by atoms with Gasteiger partial charge in [0.2, 0.25) is 5.82 Å². The van der Waals surface area contributed by atoms with Crippen molar-refractivity contribution in [2.24, 2.45) is 11.8 Å². The maximum absolute atomic E-state index is 14.4. The lowest BCUT2D eigenvalue weighted by atomic mass is 9.90. The van der Waals surface area contributed by atoms with Crippen LogP contribution in [0.15, 0.2) is 24.3 Å². The zero-order chi connectivity index (χ0) is 29.6. The van der Waals surface area contributed by atoms with Gasteiger partial charge in [-0.15, -0.1) is 0 Å². The van der Waals surface area contributed by atoms with Crippen molar-refractivity contribution in [2.75, 3.05) is 13.7 Å². The van der Waals surface area contributed by atoms with Gasteiger partial charge in [-0.1, -0.05) is 24.3 Å². The van der Waals surface area contributed by atoms with Gasteiger partial charge in [-0.2, -0.15) is 4.39 Å². The third-order valence-electron chi connectivity index (χ3n) is 6.73. The van der Waals surface area contributed by atoms with E-state index in [1.807, 2.05) is 12.2 Å². The first kappa shape index (κ1) is 31.1. The normalized spacial score (nSPS) is 18.4. The van der Waals surface area contributed by atoms with E-state index in [4.69, 9.17) is 4.74 Å². The van der Waals surface area contributed by atoms with E-state index in [9.17, 15) is 45.4 Å². The van der Waals surface area contributed by atoms with Crippen LogP contribution in [0.2, 0.25) is 0 Å². The summed E-state index contributed by atoms with van der Waals surface area (Å²) >= 11 is 0. The average molecular weight is 577 g/mol. The number of carbonyl (C=O) groups excluding carboxylic acids is 2. The fourth-order valence-corrected chi connectivity index (χ4v) is 4.63. The van der Waals surface area contributed by atoms with Gasteiger partial charge in [-0.25, -0.2) is 26.3 Å². The molecule has 1 aliphatic carbocycles. The fourth-order valence-electron chi connectivity index (χ4n) is 4.63. The van der Waals surface area contributed by atoms with Gasteiger partial charge < -0.3 is 14.6 Å². The van der Waals surface area contributed by atoms with Crippen molar-refractivity contribution in [3.63, 3.8) is 0 Å². The van der Waals surface area contributed by atoms with Crippen molar-refractivity contribution in [3.8, 4) is 5.75 Å². The molecule has 0 amide bonds. The molecule has 0 saturated heterocycles. The van der Waals surface area contributed by atoms with Crippen LogP contribution in [-0.4, -0.2) is 36.7 Å². The highest BCUT2D eigenvalue weighted by Gasteiger charge is 2.33. The van der Waals surface area contributed by atoms with Gasteiger partial charge in [0.05, 0.1) is 17.9 Å². The number of hydrogen-bond acceptors (Lipinski definition) is 5. The smallest absolute Gasteiger partial charge is 0.305 e. The molecule has 0 bridgehead atoms. The van der Waals surface area contributed by atoms with Crippen molar-refractivity contribution in [3.05, 3.63) is 65.0 Å². The molecule has 0 aliphatic heterocycles.